The Labute approximate surface area is 83.9 Å². The van der Waals surface area contributed by atoms with Gasteiger partial charge in [-0.15, -0.1) is 5.10 Å². The van der Waals surface area contributed by atoms with E-state index >= 15 is 0 Å². The number of carboxylic acids is 1. The zero-order valence-electron chi connectivity index (χ0n) is 7.36. The van der Waals surface area contributed by atoms with Gasteiger partial charge in [-0.05, 0) is 29.3 Å². The molecule has 1 aromatic heterocycles. The van der Waals surface area contributed by atoms with Crippen molar-refractivity contribution in [1.29, 1.82) is 0 Å². The number of hydrogen-bond donors (Lipinski definition) is 1. The van der Waals surface area contributed by atoms with Crippen LogP contribution < -0.4 is 0 Å². The van der Waals surface area contributed by atoms with Crippen molar-refractivity contribution in [3.05, 3.63) is 10.3 Å². The molecule has 0 aliphatic rings. The minimum absolute atomic E-state index is 0.614. The van der Waals surface area contributed by atoms with Crippen LogP contribution in [0.3, 0.4) is 0 Å². The molecule has 0 aliphatic carbocycles. The van der Waals surface area contributed by atoms with E-state index in [4.69, 9.17) is 5.11 Å². The smallest absolute Gasteiger partial charge is 0.328 e. The van der Waals surface area contributed by atoms with Crippen molar-refractivity contribution in [2.75, 3.05) is 0 Å². The highest BCUT2D eigenvalue weighted by molar-refractivity contribution is 9.10. The second kappa shape index (κ2) is 3.87. The first kappa shape index (κ1) is 10.2. The van der Waals surface area contributed by atoms with Gasteiger partial charge in [0.1, 0.15) is 6.04 Å². The summed E-state index contributed by atoms with van der Waals surface area (Å²) in [6.45, 7) is 3.50. The number of rotatable bonds is 3. The molecule has 6 heteroatoms. The minimum atomic E-state index is -0.910. The van der Waals surface area contributed by atoms with Crippen LogP contribution in [0.2, 0.25) is 0 Å². The maximum Gasteiger partial charge on any atom is 0.328 e. The molecule has 0 saturated heterocycles. The number of carbonyl (C=O) groups is 1. The molecule has 1 heterocycles. The van der Waals surface area contributed by atoms with Crippen molar-refractivity contribution in [3.63, 3.8) is 0 Å². The van der Waals surface area contributed by atoms with Gasteiger partial charge in [-0.1, -0.05) is 12.1 Å². The Bertz CT molecular complexity index is 324. The first-order chi connectivity index (χ1) is 6.07. The van der Waals surface area contributed by atoms with Crippen LogP contribution in [-0.2, 0) is 11.2 Å². The predicted molar refractivity (Wildman–Crippen MR) is 49.4 cm³/mol. The molecule has 1 N–H and O–H groups in total. The highest BCUT2D eigenvalue weighted by Crippen LogP contribution is 2.17. The third-order valence-electron chi connectivity index (χ3n) is 1.80. The van der Waals surface area contributed by atoms with Gasteiger partial charge in [-0.25, -0.2) is 9.48 Å². The van der Waals surface area contributed by atoms with Crippen molar-refractivity contribution in [2.24, 2.45) is 0 Å². The summed E-state index contributed by atoms with van der Waals surface area (Å²) in [6.07, 6.45) is 0.700. The summed E-state index contributed by atoms with van der Waals surface area (Å²) in [5.41, 5.74) is 0.801. The van der Waals surface area contributed by atoms with E-state index in [9.17, 15) is 4.79 Å². The summed E-state index contributed by atoms with van der Waals surface area (Å²) in [5, 5.41) is 16.3. The molecule has 0 bridgehead atoms. The zero-order chi connectivity index (χ0) is 10.0. The molecule has 0 saturated carbocycles. The van der Waals surface area contributed by atoms with Crippen LogP contribution in [0.1, 0.15) is 25.6 Å². The van der Waals surface area contributed by atoms with E-state index in [1.54, 1.807) is 6.92 Å². The highest BCUT2D eigenvalue weighted by Gasteiger charge is 2.19. The molecule has 72 valence electrons. The van der Waals surface area contributed by atoms with Crippen LogP contribution in [0.4, 0.5) is 0 Å². The average molecular weight is 248 g/mol. The van der Waals surface area contributed by atoms with Gasteiger partial charge in [0.2, 0.25) is 0 Å². The van der Waals surface area contributed by atoms with Crippen molar-refractivity contribution in [3.8, 4) is 0 Å². The molecule has 13 heavy (non-hydrogen) atoms. The Hall–Kier alpha value is -0.910. The van der Waals surface area contributed by atoms with Crippen LogP contribution >= 0.6 is 15.9 Å². The van der Waals surface area contributed by atoms with E-state index in [0.29, 0.717) is 11.0 Å². The second-order valence-electron chi connectivity index (χ2n) is 2.64. The lowest BCUT2D eigenvalue weighted by molar-refractivity contribution is -0.140. The van der Waals surface area contributed by atoms with Gasteiger partial charge in [-0.2, -0.15) is 0 Å². The normalized spacial score (nSPS) is 12.8. The van der Waals surface area contributed by atoms with Gasteiger partial charge in [0.05, 0.1) is 5.69 Å². The number of aromatic nitrogens is 3. The van der Waals surface area contributed by atoms with Gasteiger partial charge < -0.3 is 5.11 Å². The molecular formula is C7H10BrN3O2. The lowest BCUT2D eigenvalue weighted by Gasteiger charge is -2.08. The van der Waals surface area contributed by atoms with Crippen molar-refractivity contribution in [2.45, 2.75) is 26.3 Å². The Morgan fingerprint density at radius 2 is 2.38 bits per heavy atom. The summed E-state index contributed by atoms with van der Waals surface area (Å²) >= 11 is 3.21. The van der Waals surface area contributed by atoms with Gasteiger partial charge in [0.15, 0.2) is 4.60 Å². The summed E-state index contributed by atoms with van der Waals surface area (Å²) in [4.78, 5) is 10.7. The molecule has 0 spiro atoms. The maximum absolute atomic E-state index is 10.7. The van der Waals surface area contributed by atoms with E-state index in [0.717, 1.165) is 5.69 Å². The van der Waals surface area contributed by atoms with Gasteiger partial charge in [0, 0.05) is 0 Å². The topological polar surface area (TPSA) is 68.0 Å². The molecular weight excluding hydrogens is 238 g/mol. The van der Waals surface area contributed by atoms with Crippen molar-refractivity contribution >= 4 is 21.9 Å². The fraction of sp³-hybridized carbons (Fsp3) is 0.571. The Kier molecular flexibility index (Phi) is 3.02. The molecule has 0 amide bonds. The fourth-order valence-electron chi connectivity index (χ4n) is 1.02. The lowest BCUT2D eigenvalue weighted by Crippen LogP contribution is -2.18. The Balaban J connectivity index is 3.06. The number of carboxylic acid groups (broad SMARTS) is 1. The van der Waals surface area contributed by atoms with Gasteiger partial charge in [0.25, 0.3) is 0 Å². The predicted octanol–water partition coefficient (Wildman–Crippen LogP) is 1.25. The van der Waals surface area contributed by atoms with Crippen LogP contribution in [-0.4, -0.2) is 26.1 Å². The lowest BCUT2D eigenvalue weighted by atomic mass is 10.3. The molecule has 0 aliphatic heterocycles. The molecule has 0 fully saturated rings. The average Bonchev–Trinajstić information content (AvgIpc) is 2.45. The van der Waals surface area contributed by atoms with Crippen molar-refractivity contribution in [1.82, 2.24) is 15.0 Å². The second-order valence-corrected chi connectivity index (χ2v) is 3.39. The molecule has 1 atom stereocenters. The highest BCUT2D eigenvalue weighted by atomic mass is 79.9. The molecule has 1 unspecified atom stereocenters. The molecule has 5 nitrogen and oxygen atoms in total. The number of aliphatic carboxylic acids is 1. The van der Waals surface area contributed by atoms with Gasteiger partial charge in [-0.3, -0.25) is 0 Å². The van der Waals surface area contributed by atoms with E-state index < -0.39 is 12.0 Å². The number of nitrogens with zero attached hydrogens (tertiary/aromatic N) is 3. The van der Waals surface area contributed by atoms with Crippen LogP contribution in [0.25, 0.3) is 0 Å². The SMILES string of the molecule is CCc1c(Br)nnn1C(C)C(=O)O. The first-order valence-corrected chi connectivity index (χ1v) is 4.69. The molecule has 1 rings (SSSR count). The Morgan fingerprint density at radius 1 is 1.77 bits per heavy atom. The van der Waals surface area contributed by atoms with Crippen molar-refractivity contribution < 1.29 is 9.90 Å². The number of hydrogen-bond acceptors (Lipinski definition) is 3. The minimum Gasteiger partial charge on any atom is -0.480 e. The van der Waals surface area contributed by atoms with E-state index in [-0.39, 0.29) is 0 Å². The van der Waals surface area contributed by atoms with E-state index in [1.165, 1.54) is 4.68 Å². The fourth-order valence-corrected chi connectivity index (χ4v) is 1.55. The molecule has 0 radical (unpaired) electrons. The van der Waals surface area contributed by atoms with Crippen LogP contribution in [0.5, 0.6) is 0 Å². The van der Waals surface area contributed by atoms with Crippen LogP contribution in [0, 0.1) is 0 Å². The quantitative estimate of drug-likeness (QED) is 0.873. The first-order valence-electron chi connectivity index (χ1n) is 3.90. The molecule has 1 aromatic rings. The third-order valence-corrected chi connectivity index (χ3v) is 2.42. The standard InChI is InChI=1S/C7H10BrN3O2/c1-3-5-6(8)9-10-11(5)4(2)7(12)13/h4H,3H2,1-2H3,(H,12,13). The Morgan fingerprint density at radius 3 is 2.85 bits per heavy atom. The molecule has 0 aromatic carbocycles. The van der Waals surface area contributed by atoms with Crippen LogP contribution in [0.15, 0.2) is 4.60 Å². The van der Waals surface area contributed by atoms with Gasteiger partial charge >= 0.3 is 5.97 Å². The maximum atomic E-state index is 10.7. The zero-order valence-corrected chi connectivity index (χ0v) is 8.95. The summed E-state index contributed by atoms with van der Waals surface area (Å²) in [5.74, 6) is -0.910. The monoisotopic (exact) mass is 247 g/mol. The third kappa shape index (κ3) is 1.88. The summed E-state index contributed by atoms with van der Waals surface area (Å²) < 4.78 is 2.02. The number of halogens is 1. The van der Waals surface area contributed by atoms with E-state index in [2.05, 4.69) is 26.2 Å². The summed E-state index contributed by atoms with van der Waals surface area (Å²) in [6, 6.07) is -0.672. The summed E-state index contributed by atoms with van der Waals surface area (Å²) in [7, 11) is 0. The van der Waals surface area contributed by atoms with E-state index in [1.807, 2.05) is 6.92 Å². The largest absolute Gasteiger partial charge is 0.480 e.